The van der Waals surface area contributed by atoms with E-state index in [4.69, 9.17) is 0 Å². The molecule has 2 heterocycles. The Hall–Kier alpha value is -1.69. The largest absolute Gasteiger partial charge is 0.352 e. The number of carbonyl (C=O) groups excluding carboxylic acids is 1. The number of hydrogen-bond acceptors (Lipinski definition) is 3. The van der Waals surface area contributed by atoms with Crippen LogP contribution < -0.4 is 5.32 Å². The molecule has 2 aliphatic heterocycles. The third-order valence-electron chi connectivity index (χ3n) is 6.78. The summed E-state index contributed by atoms with van der Waals surface area (Å²) in [5.74, 6) is 1.07. The van der Waals surface area contributed by atoms with Crippen LogP contribution >= 0.6 is 15.9 Å². The standard InChI is InChI=1S/C27H36BrN3O/c1-21-6-4-12-30(17-21)18-23-8-2-7-22(14-23)16-29-27(32)25-10-5-13-31(20-25)19-24-9-3-11-26(28)15-24/h2-3,7-9,11,14-15,21,25H,4-6,10,12-13,16-20H2,1H3,(H,29,32). The van der Waals surface area contributed by atoms with Crippen molar-refractivity contribution < 1.29 is 4.79 Å². The molecule has 2 unspecified atom stereocenters. The van der Waals surface area contributed by atoms with Gasteiger partial charge in [-0.1, -0.05) is 59.3 Å². The van der Waals surface area contributed by atoms with Crippen molar-refractivity contribution in [2.45, 2.75) is 52.2 Å². The molecule has 4 nitrogen and oxygen atoms in total. The minimum Gasteiger partial charge on any atom is -0.352 e. The van der Waals surface area contributed by atoms with Crippen molar-refractivity contribution in [2.75, 3.05) is 26.2 Å². The smallest absolute Gasteiger partial charge is 0.224 e. The summed E-state index contributed by atoms with van der Waals surface area (Å²) in [4.78, 5) is 17.9. The van der Waals surface area contributed by atoms with Crippen molar-refractivity contribution in [2.24, 2.45) is 11.8 Å². The number of nitrogens with one attached hydrogen (secondary N) is 1. The normalized spacial score (nSPS) is 22.6. The summed E-state index contributed by atoms with van der Waals surface area (Å²) in [6.45, 7) is 9.18. The van der Waals surface area contributed by atoms with Crippen LogP contribution in [0.15, 0.2) is 53.0 Å². The quantitative estimate of drug-likeness (QED) is 0.570. The third-order valence-corrected chi connectivity index (χ3v) is 7.27. The monoisotopic (exact) mass is 497 g/mol. The highest BCUT2D eigenvalue weighted by molar-refractivity contribution is 9.10. The van der Waals surface area contributed by atoms with Gasteiger partial charge in [0.15, 0.2) is 0 Å². The first kappa shape index (κ1) is 23.5. The highest BCUT2D eigenvalue weighted by atomic mass is 79.9. The van der Waals surface area contributed by atoms with E-state index in [9.17, 15) is 4.79 Å². The van der Waals surface area contributed by atoms with E-state index in [-0.39, 0.29) is 11.8 Å². The Bertz CT molecular complexity index is 902. The topological polar surface area (TPSA) is 35.6 Å². The number of hydrogen-bond donors (Lipinski definition) is 1. The molecule has 2 aromatic carbocycles. The van der Waals surface area contributed by atoms with Gasteiger partial charge in [0.1, 0.15) is 0 Å². The number of carbonyl (C=O) groups is 1. The van der Waals surface area contributed by atoms with Crippen LogP contribution in [0, 0.1) is 11.8 Å². The van der Waals surface area contributed by atoms with E-state index in [1.54, 1.807) is 0 Å². The first-order valence-corrected chi connectivity index (χ1v) is 12.9. The minimum absolute atomic E-state index is 0.0777. The van der Waals surface area contributed by atoms with Crippen LogP contribution in [0.25, 0.3) is 0 Å². The Kier molecular flexibility index (Phi) is 8.39. The molecule has 2 saturated heterocycles. The van der Waals surface area contributed by atoms with E-state index in [1.807, 2.05) is 0 Å². The van der Waals surface area contributed by atoms with Gasteiger partial charge in [-0.25, -0.2) is 0 Å². The van der Waals surface area contributed by atoms with Crippen LogP contribution in [0.1, 0.15) is 49.3 Å². The summed E-state index contributed by atoms with van der Waals surface area (Å²) in [7, 11) is 0. The fraction of sp³-hybridized carbons (Fsp3) is 0.519. The summed E-state index contributed by atoms with van der Waals surface area (Å²) in [5.41, 5.74) is 3.84. The van der Waals surface area contributed by atoms with Crippen LogP contribution in [0.5, 0.6) is 0 Å². The first-order chi connectivity index (χ1) is 15.5. The molecule has 0 saturated carbocycles. The van der Waals surface area contributed by atoms with E-state index in [0.717, 1.165) is 49.4 Å². The minimum atomic E-state index is 0.0777. The van der Waals surface area contributed by atoms with Gasteiger partial charge in [-0.2, -0.15) is 0 Å². The van der Waals surface area contributed by atoms with Crippen molar-refractivity contribution in [1.82, 2.24) is 15.1 Å². The summed E-state index contributed by atoms with van der Waals surface area (Å²) < 4.78 is 1.11. The molecular formula is C27H36BrN3O. The molecule has 0 aliphatic carbocycles. The van der Waals surface area contributed by atoms with Crippen molar-refractivity contribution >= 4 is 21.8 Å². The van der Waals surface area contributed by atoms with Gasteiger partial charge in [-0.15, -0.1) is 0 Å². The molecule has 2 atom stereocenters. The zero-order chi connectivity index (χ0) is 22.3. The number of piperidine rings is 2. The molecule has 0 aromatic heterocycles. The molecule has 172 valence electrons. The zero-order valence-electron chi connectivity index (χ0n) is 19.2. The Balaban J connectivity index is 1.26. The molecule has 0 spiro atoms. The van der Waals surface area contributed by atoms with Crippen LogP contribution in [0.2, 0.25) is 0 Å². The van der Waals surface area contributed by atoms with Gasteiger partial charge in [0, 0.05) is 37.2 Å². The highest BCUT2D eigenvalue weighted by Crippen LogP contribution is 2.21. The van der Waals surface area contributed by atoms with Crippen molar-refractivity contribution in [1.29, 1.82) is 0 Å². The fourth-order valence-corrected chi connectivity index (χ4v) is 5.61. The van der Waals surface area contributed by atoms with E-state index < -0.39 is 0 Å². The Morgan fingerprint density at radius 2 is 1.59 bits per heavy atom. The third kappa shape index (κ3) is 6.90. The second-order valence-corrected chi connectivity index (χ2v) is 10.6. The van der Waals surface area contributed by atoms with Gasteiger partial charge in [-0.3, -0.25) is 14.6 Å². The molecule has 32 heavy (non-hydrogen) atoms. The van der Waals surface area contributed by atoms with Gasteiger partial charge in [0.05, 0.1) is 5.92 Å². The predicted octanol–water partition coefficient (Wildman–Crippen LogP) is 5.21. The summed E-state index contributed by atoms with van der Waals surface area (Å²) in [6, 6.07) is 17.2. The zero-order valence-corrected chi connectivity index (χ0v) is 20.8. The second kappa shape index (κ2) is 11.4. The number of amides is 1. The summed E-state index contributed by atoms with van der Waals surface area (Å²) >= 11 is 3.55. The lowest BCUT2D eigenvalue weighted by atomic mass is 9.96. The highest BCUT2D eigenvalue weighted by Gasteiger charge is 2.25. The number of benzene rings is 2. The Labute approximate surface area is 201 Å². The lowest BCUT2D eigenvalue weighted by Gasteiger charge is -2.32. The second-order valence-electron chi connectivity index (χ2n) is 9.72. The Morgan fingerprint density at radius 1 is 0.938 bits per heavy atom. The van der Waals surface area contributed by atoms with Gasteiger partial charge >= 0.3 is 0 Å². The van der Waals surface area contributed by atoms with Crippen LogP contribution in [-0.2, 0) is 24.4 Å². The molecule has 1 N–H and O–H groups in total. The van der Waals surface area contributed by atoms with Gasteiger partial charge in [0.25, 0.3) is 0 Å². The van der Waals surface area contributed by atoms with Crippen LogP contribution in [-0.4, -0.2) is 41.9 Å². The lowest BCUT2D eigenvalue weighted by molar-refractivity contribution is -0.126. The van der Waals surface area contributed by atoms with E-state index in [2.05, 4.69) is 86.5 Å². The molecule has 4 rings (SSSR count). The van der Waals surface area contributed by atoms with Crippen LogP contribution in [0.4, 0.5) is 0 Å². The van der Waals surface area contributed by atoms with Crippen molar-refractivity contribution in [3.05, 3.63) is 69.7 Å². The molecule has 5 heteroatoms. The maximum Gasteiger partial charge on any atom is 0.224 e. The SMILES string of the molecule is CC1CCCN(Cc2cccc(CNC(=O)C3CCCN(Cc4cccc(Br)c4)C3)c2)C1. The van der Waals surface area contributed by atoms with E-state index in [0.29, 0.717) is 6.54 Å². The molecule has 2 fully saturated rings. The average Bonchev–Trinajstić information content (AvgIpc) is 2.78. The number of rotatable bonds is 7. The van der Waals surface area contributed by atoms with Crippen molar-refractivity contribution in [3.63, 3.8) is 0 Å². The van der Waals surface area contributed by atoms with Crippen molar-refractivity contribution in [3.8, 4) is 0 Å². The van der Waals surface area contributed by atoms with Gasteiger partial charge in [0.2, 0.25) is 5.91 Å². The summed E-state index contributed by atoms with van der Waals surface area (Å²) in [6.07, 6.45) is 4.71. The van der Waals surface area contributed by atoms with Gasteiger partial charge < -0.3 is 5.32 Å². The predicted molar refractivity (Wildman–Crippen MR) is 134 cm³/mol. The number of likely N-dealkylation sites (tertiary alicyclic amines) is 2. The molecule has 1 amide bonds. The molecule has 2 aliphatic rings. The molecule has 2 aromatic rings. The number of nitrogens with zero attached hydrogens (tertiary/aromatic N) is 2. The van der Waals surface area contributed by atoms with E-state index in [1.165, 1.54) is 42.6 Å². The first-order valence-electron chi connectivity index (χ1n) is 12.1. The number of halogens is 1. The molecule has 0 radical (unpaired) electrons. The molecule has 0 bridgehead atoms. The lowest BCUT2D eigenvalue weighted by Crippen LogP contribution is -2.42. The maximum absolute atomic E-state index is 12.9. The van der Waals surface area contributed by atoms with Gasteiger partial charge in [-0.05, 0) is 73.5 Å². The summed E-state index contributed by atoms with van der Waals surface area (Å²) in [5, 5.41) is 3.21. The molecular weight excluding hydrogens is 462 g/mol. The van der Waals surface area contributed by atoms with E-state index >= 15 is 0 Å². The Morgan fingerprint density at radius 3 is 2.34 bits per heavy atom. The maximum atomic E-state index is 12.9. The fourth-order valence-electron chi connectivity index (χ4n) is 5.17. The van der Waals surface area contributed by atoms with Crippen LogP contribution in [0.3, 0.4) is 0 Å². The average molecular weight is 499 g/mol.